The number of unbranched alkanes of at least 4 members (excludes halogenated alkanes) is 10. The molecule has 3 atom stereocenters. The van der Waals surface area contributed by atoms with Gasteiger partial charge in [-0.15, -0.1) is 0 Å². The molecule has 3 unspecified atom stereocenters. The van der Waals surface area contributed by atoms with Crippen LogP contribution in [0.15, 0.2) is 12.2 Å². The molecule has 0 saturated carbocycles. The predicted molar refractivity (Wildman–Crippen MR) is 154 cm³/mol. The number of quaternary nitrogens is 1. The molecule has 0 aromatic rings. The van der Waals surface area contributed by atoms with Gasteiger partial charge >= 0.3 is 17.9 Å². The quantitative estimate of drug-likeness (QED) is 0.0586. The maximum atomic E-state index is 12.5. The predicted octanol–water partition coefficient (Wildman–Crippen LogP) is 7.82. The first-order valence-electron chi connectivity index (χ1n) is 15.4. The zero-order chi connectivity index (χ0) is 28.8. The highest BCUT2D eigenvalue weighted by atomic mass is 16.4. The summed E-state index contributed by atoms with van der Waals surface area (Å²) >= 11 is 0. The topological polar surface area (TPSA) is 112 Å². The molecular formula is C31H58NO6+. The molecule has 0 aliphatic carbocycles. The molecule has 222 valence electrons. The van der Waals surface area contributed by atoms with Crippen molar-refractivity contribution in [2.45, 2.75) is 161 Å². The Bertz CT molecular complexity index is 617. The molecule has 3 N–H and O–H groups in total. The summed E-state index contributed by atoms with van der Waals surface area (Å²) in [4.78, 5) is 37.6. The normalized spacial score (nSPS) is 15.7. The van der Waals surface area contributed by atoms with Gasteiger partial charge in [-0.05, 0) is 57.8 Å². The molecule has 0 aliphatic rings. The molecule has 0 rings (SSSR count). The smallest absolute Gasteiger partial charge is 0.362 e. The van der Waals surface area contributed by atoms with Crippen molar-refractivity contribution in [1.82, 2.24) is 0 Å². The molecule has 0 heterocycles. The molecule has 38 heavy (non-hydrogen) atoms. The highest BCUT2D eigenvalue weighted by molar-refractivity contribution is 5.78. The number of rotatable bonds is 26. The lowest BCUT2D eigenvalue weighted by atomic mass is 9.91. The Morgan fingerprint density at radius 2 is 0.868 bits per heavy atom. The highest BCUT2D eigenvalue weighted by Crippen LogP contribution is 2.34. The van der Waals surface area contributed by atoms with Crippen molar-refractivity contribution in [1.29, 1.82) is 0 Å². The first-order valence-corrected chi connectivity index (χ1v) is 15.4. The summed E-state index contributed by atoms with van der Waals surface area (Å²) in [5.41, 5.74) is 0. The van der Waals surface area contributed by atoms with Crippen LogP contribution in [0, 0.1) is 0 Å². The van der Waals surface area contributed by atoms with Gasteiger partial charge in [-0.3, -0.25) is 4.48 Å². The summed E-state index contributed by atoms with van der Waals surface area (Å²) in [6.07, 6.45) is 20.3. The van der Waals surface area contributed by atoms with Crippen molar-refractivity contribution >= 4 is 17.9 Å². The van der Waals surface area contributed by atoms with Crippen LogP contribution in [0.5, 0.6) is 0 Å². The van der Waals surface area contributed by atoms with Crippen LogP contribution in [0.1, 0.15) is 143 Å². The van der Waals surface area contributed by atoms with E-state index in [-0.39, 0.29) is 30.3 Å². The fraction of sp³-hybridized carbons (Fsp3) is 0.839. The van der Waals surface area contributed by atoms with E-state index in [1.807, 2.05) is 20.8 Å². The summed E-state index contributed by atoms with van der Waals surface area (Å²) in [5, 5.41) is 30.7. The standard InChI is InChI=1S/C31H57NO6/c1-5-9-10-11-12-13-14-15-16-17-18-19-20-21-25-32(26(22-6-2)29(33)34,27(23-7-3)30(35)36)28(24-8-4)31(37)38/h14-15,26-28H,5-13,16-25H2,1-4H3,(H2-,33,34,35,36,37,38)/p+1/b15-14+. The third-order valence-electron chi connectivity index (χ3n) is 7.84. The minimum atomic E-state index is -1.09. The summed E-state index contributed by atoms with van der Waals surface area (Å²) in [6, 6.07) is -3.15. The number of hydrogen-bond donors (Lipinski definition) is 3. The Kier molecular flexibility index (Phi) is 20.9. The molecule has 7 heteroatoms. The van der Waals surface area contributed by atoms with Crippen LogP contribution in [0.25, 0.3) is 0 Å². The van der Waals surface area contributed by atoms with Crippen LogP contribution in [0.4, 0.5) is 0 Å². The minimum absolute atomic E-state index is 0.265. The highest BCUT2D eigenvalue weighted by Gasteiger charge is 2.56. The van der Waals surface area contributed by atoms with Gasteiger partial charge in [0.1, 0.15) is 0 Å². The second-order valence-electron chi connectivity index (χ2n) is 10.9. The molecule has 7 nitrogen and oxygen atoms in total. The Balaban J connectivity index is 5.37. The largest absolute Gasteiger partial charge is 0.477 e. The van der Waals surface area contributed by atoms with E-state index in [9.17, 15) is 29.7 Å². The van der Waals surface area contributed by atoms with Crippen LogP contribution in [0.3, 0.4) is 0 Å². The van der Waals surface area contributed by atoms with Crippen LogP contribution in [-0.4, -0.2) is 62.4 Å². The average Bonchev–Trinajstić information content (AvgIpc) is 2.87. The zero-order valence-corrected chi connectivity index (χ0v) is 24.8. The lowest BCUT2D eigenvalue weighted by Gasteiger charge is -2.50. The fourth-order valence-corrected chi connectivity index (χ4v) is 5.93. The van der Waals surface area contributed by atoms with E-state index < -0.39 is 36.0 Å². The summed E-state index contributed by atoms with van der Waals surface area (Å²) in [7, 11) is 0. The van der Waals surface area contributed by atoms with Gasteiger partial charge in [0.05, 0.1) is 6.54 Å². The van der Waals surface area contributed by atoms with Crippen LogP contribution < -0.4 is 0 Å². The maximum absolute atomic E-state index is 12.5. The molecule has 0 aromatic carbocycles. The summed E-state index contributed by atoms with van der Waals surface area (Å²) in [6.45, 7) is 8.11. The van der Waals surface area contributed by atoms with Crippen molar-refractivity contribution in [2.24, 2.45) is 0 Å². The molecule has 0 bridgehead atoms. The van der Waals surface area contributed by atoms with Gasteiger partial charge in [-0.1, -0.05) is 78.4 Å². The van der Waals surface area contributed by atoms with Gasteiger partial charge in [-0.2, -0.15) is 0 Å². The zero-order valence-electron chi connectivity index (χ0n) is 24.8. The van der Waals surface area contributed by atoms with Gasteiger partial charge in [-0.25, -0.2) is 14.4 Å². The van der Waals surface area contributed by atoms with Gasteiger partial charge < -0.3 is 15.3 Å². The SMILES string of the molecule is CCCCCCC/C=C/CCCCCCC[N+](C(CCC)C(=O)O)(C(CCC)C(=O)O)C(CCC)C(=O)O. The third-order valence-corrected chi connectivity index (χ3v) is 7.84. The molecule has 0 radical (unpaired) electrons. The molecule has 0 amide bonds. The lowest BCUT2D eigenvalue weighted by Crippen LogP contribution is -2.72. The van der Waals surface area contributed by atoms with Crippen molar-refractivity contribution in [3.8, 4) is 0 Å². The number of hydrogen-bond acceptors (Lipinski definition) is 3. The van der Waals surface area contributed by atoms with Crippen molar-refractivity contribution in [2.75, 3.05) is 6.54 Å². The number of nitrogens with zero attached hydrogens (tertiary/aromatic N) is 1. The van der Waals surface area contributed by atoms with Gasteiger partial charge in [0.15, 0.2) is 18.1 Å². The Labute approximate surface area is 232 Å². The van der Waals surface area contributed by atoms with Crippen molar-refractivity contribution in [3.63, 3.8) is 0 Å². The van der Waals surface area contributed by atoms with E-state index in [1.165, 1.54) is 32.1 Å². The molecule has 0 saturated heterocycles. The monoisotopic (exact) mass is 540 g/mol. The first-order chi connectivity index (χ1) is 18.2. The minimum Gasteiger partial charge on any atom is -0.477 e. The van der Waals surface area contributed by atoms with Crippen molar-refractivity contribution < 1.29 is 34.2 Å². The number of carbonyl (C=O) groups is 3. The first kappa shape index (κ1) is 36.1. The average molecular weight is 541 g/mol. The second kappa shape index (κ2) is 22.0. The Hall–Kier alpha value is -1.89. The molecule has 0 fully saturated rings. The van der Waals surface area contributed by atoms with Crippen LogP contribution >= 0.6 is 0 Å². The summed E-state index contributed by atoms with van der Waals surface area (Å²) in [5.74, 6) is -3.27. The van der Waals surface area contributed by atoms with Gasteiger partial charge in [0.2, 0.25) is 0 Å². The number of carboxylic acids is 3. The third kappa shape index (κ3) is 12.8. The number of aliphatic carboxylic acids is 3. The van der Waals surface area contributed by atoms with Crippen molar-refractivity contribution in [3.05, 3.63) is 12.2 Å². The van der Waals surface area contributed by atoms with Gasteiger partial charge in [0.25, 0.3) is 0 Å². The molecule has 0 aliphatic heterocycles. The lowest BCUT2D eigenvalue weighted by molar-refractivity contribution is -0.973. The maximum Gasteiger partial charge on any atom is 0.362 e. The fourth-order valence-electron chi connectivity index (χ4n) is 5.93. The molecule has 0 spiro atoms. The van der Waals surface area contributed by atoms with E-state index in [0.717, 1.165) is 38.5 Å². The van der Waals surface area contributed by atoms with E-state index in [0.29, 0.717) is 25.7 Å². The Morgan fingerprint density at radius 1 is 0.526 bits per heavy atom. The van der Waals surface area contributed by atoms with E-state index in [4.69, 9.17) is 0 Å². The number of carboxylic acid groups (broad SMARTS) is 3. The number of allylic oxidation sites excluding steroid dienone is 2. The molecule has 0 aromatic heterocycles. The summed E-state index contributed by atoms with van der Waals surface area (Å²) < 4.78 is -0.378. The second-order valence-corrected chi connectivity index (χ2v) is 10.9. The van der Waals surface area contributed by atoms with Gasteiger partial charge in [0, 0.05) is 19.3 Å². The molecular weight excluding hydrogens is 482 g/mol. The van der Waals surface area contributed by atoms with Crippen LogP contribution in [0.2, 0.25) is 0 Å². The van der Waals surface area contributed by atoms with E-state index in [1.54, 1.807) is 0 Å². The van der Waals surface area contributed by atoms with E-state index >= 15 is 0 Å². The Morgan fingerprint density at radius 3 is 1.21 bits per heavy atom. The van der Waals surface area contributed by atoms with Crippen LogP contribution in [-0.2, 0) is 14.4 Å². The van der Waals surface area contributed by atoms with E-state index in [2.05, 4.69) is 19.1 Å².